The number of carbonyl (C=O) groups excluding carboxylic acids is 1. The fourth-order valence-corrected chi connectivity index (χ4v) is 4.07. The zero-order valence-electron chi connectivity index (χ0n) is 18.8. The maximum absolute atomic E-state index is 12.9. The molecule has 4 N–H and O–H groups in total. The monoisotopic (exact) mass is 468 g/mol. The zero-order chi connectivity index (χ0) is 23.7. The minimum atomic E-state index is -0.393. The molecule has 0 saturated carbocycles. The van der Waals surface area contributed by atoms with Crippen molar-refractivity contribution in [3.8, 4) is 17.0 Å². The van der Waals surface area contributed by atoms with Crippen LogP contribution in [-0.4, -0.2) is 49.0 Å². The first-order valence-corrected chi connectivity index (χ1v) is 11.0. The number of halogens is 1. The standard InChI is InChI=1S/C22H25ClN8O2/c1-5-25-22(32)16-11(3)15(23)7-14(19(16)33-6-2)12(4)31-21-17(20(24)26-10-27-21)18(30-31)13-8-28-29-9-13/h7-10,12H,5-6H2,1-4H3,(H,25,32)(H,28,29)(H2,24,26,27). The average Bonchev–Trinajstić information content (AvgIpc) is 3.44. The van der Waals surface area contributed by atoms with Gasteiger partial charge in [-0.2, -0.15) is 10.2 Å². The summed E-state index contributed by atoms with van der Waals surface area (Å²) in [5.74, 6) is 0.531. The van der Waals surface area contributed by atoms with Crippen LogP contribution >= 0.6 is 11.6 Å². The predicted octanol–water partition coefficient (Wildman–Crippen LogP) is 3.52. The van der Waals surface area contributed by atoms with E-state index < -0.39 is 6.04 Å². The van der Waals surface area contributed by atoms with E-state index in [-0.39, 0.29) is 5.91 Å². The molecule has 4 aromatic rings. The number of benzene rings is 1. The number of rotatable bonds is 7. The second-order valence-corrected chi connectivity index (χ2v) is 7.89. The molecule has 1 amide bonds. The number of fused-ring (bicyclic) bond motifs is 1. The molecule has 0 aliphatic carbocycles. The summed E-state index contributed by atoms with van der Waals surface area (Å²) in [6.07, 6.45) is 4.78. The molecular weight excluding hydrogens is 444 g/mol. The molecule has 172 valence electrons. The van der Waals surface area contributed by atoms with Crippen molar-refractivity contribution < 1.29 is 9.53 Å². The highest BCUT2D eigenvalue weighted by atomic mass is 35.5. The van der Waals surface area contributed by atoms with Crippen molar-refractivity contribution >= 4 is 34.4 Å². The Labute approximate surface area is 195 Å². The lowest BCUT2D eigenvalue weighted by atomic mass is 9.98. The molecule has 1 aromatic carbocycles. The van der Waals surface area contributed by atoms with Gasteiger partial charge in [0.15, 0.2) is 5.65 Å². The Balaban J connectivity index is 1.96. The molecule has 0 spiro atoms. The van der Waals surface area contributed by atoms with Gasteiger partial charge >= 0.3 is 0 Å². The summed E-state index contributed by atoms with van der Waals surface area (Å²) in [7, 11) is 0. The molecule has 0 saturated heterocycles. The van der Waals surface area contributed by atoms with Gasteiger partial charge in [0.2, 0.25) is 0 Å². The van der Waals surface area contributed by atoms with Gasteiger partial charge in [0.25, 0.3) is 5.91 Å². The van der Waals surface area contributed by atoms with Crippen LogP contribution in [0.15, 0.2) is 24.8 Å². The number of anilines is 1. The topological polar surface area (TPSA) is 137 Å². The highest BCUT2D eigenvalue weighted by Crippen LogP contribution is 2.39. The first kappa shape index (κ1) is 22.5. The molecule has 4 rings (SSSR count). The number of nitrogens with two attached hydrogens (primary N) is 1. The maximum Gasteiger partial charge on any atom is 0.255 e. The van der Waals surface area contributed by atoms with E-state index >= 15 is 0 Å². The molecule has 10 nitrogen and oxygen atoms in total. The smallest absolute Gasteiger partial charge is 0.255 e. The Morgan fingerprint density at radius 1 is 1.36 bits per heavy atom. The molecule has 1 atom stereocenters. The first-order chi connectivity index (χ1) is 15.9. The van der Waals surface area contributed by atoms with Crippen LogP contribution in [0.25, 0.3) is 22.3 Å². The Bertz CT molecular complexity index is 1320. The van der Waals surface area contributed by atoms with Crippen LogP contribution < -0.4 is 15.8 Å². The van der Waals surface area contributed by atoms with E-state index in [1.807, 2.05) is 26.8 Å². The number of ether oxygens (including phenoxy) is 1. The molecule has 1 unspecified atom stereocenters. The lowest BCUT2D eigenvalue weighted by molar-refractivity contribution is 0.0951. The third-order valence-corrected chi connectivity index (χ3v) is 5.86. The fourth-order valence-electron chi connectivity index (χ4n) is 3.86. The van der Waals surface area contributed by atoms with Gasteiger partial charge in [-0.25, -0.2) is 14.6 Å². The van der Waals surface area contributed by atoms with Gasteiger partial charge in [0, 0.05) is 28.9 Å². The number of nitrogens with one attached hydrogen (secondary N) is 2. The Hall–Kier alpha value is -3.66. The Morgan fingerprint density at radius 2 is 2.15 bits per heavy atom. The molecule has 0 aliphatic rings. The molecule has 3 heterocycles. The van der Waals surface area contributed by atoms with Crippen molar-refractivity contribution in [1.29, 1.82) is 0 Å². The first-order valence-electron chi connectivity index (χ1n) is 10.6. The number of H-pyrrole nitrogens is 1. The number of aromatic nitrogens is 6. The maximum atomic E-state index is 12.9. The van der Waals surface area contributed by atoms with Gasteiger partial charge in [-0.15, -0.1) is 0 Å². The lowest BCUT2D eigenvalue weighted by Crippen LogP contribution is -2.25. The number of hydrogen-bond donors (Lipinski definition) is 3. The minimum Gasteiger partial charge on any atom is -0.493 e. The van der Waals surface area contributed by atoms with Gasteiger partial charge in [0.05, 0.1) is 29.8 Å². The van der Waals surface area contributed by atoms with Crippen molar-refractivity contribution in [2.45, 2.75) is 33.7 Å². The number of amides is 1. The van der Waals surface area contributed by atoms with Crippen LogP contribution in [0, 0.1) is 6.92 Å². The number of nitrogens with zero attached hydrogens (tertiary/aromatic N) is 5. The molecule has 0 radical (unpaired) electrons. The third kappa shape index (κ3) is 3.86. The largest absolute Gasteiger partial charge is 0.493 e. The Morgan fingerprint density at radius 3 is 2.82 bits per heavy atom. The summed E-state index contributed by atoms with van der Waals surface area (Å²) in [5.41, 5.74) is 9.86. The van der Waals surface area contributed by atoms with E-state index in [1.165, 1.54) is 6.33 Å². The van der Waals surface area contributed by atoms with Crippen LogP contribution in [-0.2, 0) is 0 Å². The summed E-state index contributed by atoms with van der Waals surface area (Å²) >= 11 is 6.57. The van der Waals surface area contributed by atoms with Crippen molar-refractivity contribution in [1.82, 2.24) is 35.3 Å². The van der Waals surface area contributed by atoms with E-state index in [0.29, 0.717) is 63.2 Å². The average molecular weight is 469 g/mol. The molecule has 0 fully saturated rings. The van der Waals surface area contributed by atoms with Crippen LogP contribution in [0.2, 0.25) is 5.02 Å². The zero-order valence-corrected chi connectivity index (χ0v) is 19.6. The van der Waals surface area contributed by atoms with Crippen molar-refractivity contribution in [3.05, 3.63) is 46.5 Å². The molecule has 33 heavy (non-hydrogen) atoms. The van der Waals surface area contributed by atoms with Crippen LogP contribution in [0.3, 0.4) is 0 Å². The summed E-state index contributed by atoms with van der Waals surface area (Å²) in [5, 5.41) is 15.5. The van der Waals surface area contributed by atoms with Gasteiger partial charge < -0.3 is 15.8 Å². The van der Waals surface area contributed by atoms with Crippen molar-refractivity contribution in [2.75, 3.05) is 18.9 Å². The third-order valence-electron chi connectivity index (χ3n) is 5.46. The van der Waals surface area contributed by atoms with E-state index in [2.05, 4.69) is 25.5 Å². The highest BCUT2D eigenvalue weighted by molar-refractivity contribution is 6.32. The molecule has 0 aliphatic heterocycles. The number of aromatic amines is 1. The van der Waals surface area contributed by atoms with Gasteiger partial charge in [-0.1, -0.05) is 11.6 Å². The van der Waals surface area contributed by atoms with E-state index in [1.54, 1.807) is 24.0 Å². The van der Waals surface area contributed by atoms with Crippen LogP contribution in [0.1, 0.15) is 48.3 Å². The minimum absolute atomic E-state index is 0.245. The van der Waals surface area contributed by atoms with Crippen molar-refractivity contribution in [2.24, 2.45) is 0 Å². The number of nitrogen functional groups attached to an aromatic ring is 1. The van der Waals surface area contributed by atoms with Crippen LogP contribution in [0.4, 0.5) is 5.82 Å². The normalized spacial score (nSPS) is 12.2. The predicted molar refractivity (Wildman–Crippen MR) is 126 cm³/mol. The second-order valence-electron chi connectivity index (χ2n) is 7.48. The van der Waals surface area contributed by atoms with E-state index in [4.69, 9.17) is 27.2 Å². The van der Waals surface area contributed by atoms with E-state index in [9.17, 15) is 4.79 Å². The van der Waals surface area contributed by atoms with Crippen LogP contribution in [0.5, 0.6) is 5.75 Å². The molecule has 3 aromatic heterocycles. The van der Waals surface area contributed by atoms with Crippen molar-refractivity contribution in [3.63, 3.8) is 0 Å². The summed E-state index contributed by atoms with van der Waals surface area (Å²) in [4.78, 5) is 21.5. The van der Waals surface area contributed by atoms with Gasteiger partial charge in [0.1, 0.15) is 23.6 Å². The molecule has 11 heteroatoms. The summed E-state index contributed by atoms with van der Waals surface area (Å²) < 4.78 is 7.73. The fraction of sp³-hybridized carbons (Fsp3) is 0.318. The van der Waals surface area contributed by atoms with Gasteiger partial charge in [-0.05, 0) is 39.3 Å². The quantitative estimate of drug-likeness (QED) is 0.377. The lowest BCUT2D eigenvalue weighted by Gasteiger charge is -2.22. The van der Waals surface area contributed by atoms with E-state index in [0.717, 1.165) is 5.56 Å². The SMILES string of the molecule is CCNC(=O)c1c(C)c(Cl)cc(C(C)n2nc(-c3cn[nH]c3)c3c(N)ncnc32)c1OCC. The summed E-state index contributed by atoms with van der Waals surface area (Å²) in [6, 6.07) is 1.42. The molecule has 0 bridgehead atoms. The number of carbonyl (C=O) groups is 1. The second kappa shape index (κ2) is 9.07. The highest BCUT2D eigenvalue weighted by Gasteiger charge is 2.28. The molecular formula is C22H25ClN8O2. The Kier molecular flexibility index (Phi) is 6.19. The summed E-state index contributed by atoms with van der Waals surface area (Å²) in [6.45, 7) is 8.33. The van der Waals surface area contributed by atoms with Gasteiger partial charge in [-0.3, -0.25) is 9.89 Å². The number of hydrogen-bond acceptors (Lipinski definition) is 7.